The van der Waals surface area contributed by atoms with Crippen LogP contribution in [0.2, 0.25) is 0 Å². The molecule has 13 N–H and O–H groups in total. The second kappa shape index (κ2) is 21.9. The first kappa shape index (κ1) is 45.6. The Morgan fingerprint density at radius 3 is 1.43 bits per heavy atom. The first-order chi connectivity index (χ1) is 24.7. The lowest BCUT2D eigenvalue weighted by atomic mass is 10.0. The Morgan fingerprint density at radius 1 is 0.566 bits per heavy atom. The summed E-state index contributed by atoms with van der Waals surface area (Å²) in [4.78, 5) is 128. The number of aliphatic hydroxyl groups excluding tert-OH is 1. The molecule has 0 unspecified atom stereocenters. The molecule has 0 aromatic carbocycles. The van der Waals surface area contributed by atoms with E-state index in [0.717, 1.165) is 13.8 Å². The minimum atomic E-state index is -1.90. The maximum atomic E-state index is 13.6. The number of nitrogens with one attached hydrogen (secondary N) is 7. The molecule has 1 heterocycles. The molecule has 1 fully saturated rings. The van der Waals surface area contributed by atoms with Gasteiger partial charge < -0.3 is 63.4 Å². The van der Waals surface area contributed by atoms with Gasteiger partial charge in [-0.1, -0.05) is 13.8 Å². The normalized spacial score (nSPS) is 26.3. The number of unbranched alkanes of at least 4 members (excludes halogenated alkanes) is 1. The van der Waals surface area contributed by atoms with Crippen LogP contribution in [0, 0.1) is 5.92 Å². The summed E-state index contributed by atoms with van der Waals surface area (Å²) in [5, 5.41) is 54.3. The highest BCUT2D eigenvalue weighted by Crippen LogP contribution is 2.10. The van der Waals surface area contributed by atoms with Gasteiger partial charge >= 0.3 is 17.9 Å². The van der Waals surface area contributed by atoms with Crippen molar-refractivity contribution in [3.63, 3.8) is 0 Å². The van der Waals surface area contributed by atoms with Gasteiger partial charge in [0.25, 0.3) is 0 Å². The Balaban J connectivity index is 3.80. The van der Waals surface area contributed by atoms with Gasteiger partial charge in [-0.2, -0.15) is 0 Å². The Labute approximate surface area is 304 Å². The number of rotatable bonds is 13. The molecule has 22 heteroatoms. The number of hydrogen-bond donors (Lipinski definition) is 12. The van der Waals surface area contributed by atoms with Gasteiger partial charge in [0.2, 0.25) is 41.4 Å². The van der Waals surface area contributed by atoms with Crippen LogP contribution >= 0.6 is 0 Å². The molecule has 1 saturated heterocycles. The molecule has 0 bridgehead atoms. The third-order valence-corrected chi connectivity index (χ3v) is 7.94. The van der Waals surface area contributed by atoms with Crippen LogP contribution in [0.15, 0.2) is 0 Å². The molecule has 0 aromatic heterocycles. The van der Waals surface area contributed by atoms with Crippen LogP contribution in [0.1, 0.15) is 72.6 Å². The van der Waals surface area contributed by atoms with Crippen molar-refractivity contribution in [1.29, 1.82) is 0 Å². The minimum absolute atomic E-state index is 0.0814. The highest BCUT2D eigenvalue weighted by atomic mass is 16.4. The van der Waals surface area contributed by atoms with E-state index in [2.05, 4.69) is 37.2 Å². The third kappa shape index (κ3) is 15.8. The van der Waals surface area contributed by atoms with Crippen molar-refractivity contribution in [2.45, 2.75) is 121 Å². The van der Waals surface area contributed by atoms with Gasteiger partial charge in [0, 0.05) is 6.42 Å². The van der Waals surface area contributed by atoms with E-state index in [9.17, 15) is 68.4 Å². The van der Waals surface area contributed by atoms with E-state index in [0.29, 0.717) is 6.42 Å². The van der Waals surface area contributed by atoms with Crippen LogP contribution in [-0.2, 0) is 47.9 Å². The highest BCUT2D eigenvalue weighted by molar-refractivity contribution is 5.99. The predicted molar refractivity (Wildman–Crippen MR) is 180 cm³/mol. The number of carboxylic acids is 3. The van der Waals surface area contributed by atoms with Gasteiger partial charge in [-0.05, 0) is 52.0 Å². The van der Waals surface area contributed by atoms with Crippen LogP contribution in [0.25, 0.3) is 0 Å². The molecule has 22 nitrogen and oxygen atoms in total. The Hall–Kier alpha value is -5.38. The zero-order valence-electron chi connectivity index (χ0n) is 29.8. The maximum absolute atomic E-state index is 13.6. The number of aliphatic hydroxyl groups is 1. The molecule has 1 aliphatic rings. The van der Waals surface area contributed by atoms with Gasteiger partial charge in [0.05, 0.1) is 18.9 Å². The molecule has 0 aromatic rings. The van der Waals surface area contributed by atoms with E-state index < -0.39 is 139 Å². The maximum Gasteiger partial charge on any atom is 0.305 e. The zero-order chi connectivity index (χ0) is 40.6. The second-order valence-corrected chi connectivity index (χ2v) is 12.8. The molecule has 0 aliphatic carbocycles. The Bertz CT molecular complexity index is 1390. The van der Waals surface area contributed by atoms with Crippen molar-refractivity contribution in [2.75, 3.05) is 6.54 Å². The van der Waals surface area contributed by atoms with Gasteiger partial charge in [-0.3, -0.25) is 47.9 Å². The lowest BCUT2D eigenvalue weighted by Gasteiger charge is -2.28. The van der Waals surface area contributed by atoms with Gasteiger partial charge in [0.1, 0.15) is 42.3 Å². The molecular formula is C31H50N8O14. The number of carbonyl (C=O) groups excluding carboxylic acids is 7. The Morgan fingerprint density at radius 2 is 0.981 bits per heavy atom. The second-order valence-electron chi connectivity index (χ2n) is 12.8. The summed E-state index contributed by atoms with van der Waals surface area (Å²) < 4.78 is 0. The number of hydrogen-bond acceptors (Lipinski definition) is 12. The van der Waals surface area contributed by atoms with E-state index in [1.807, 2.05) is 0 Å². The molecule has 0 radical (unpaired) electrons. The van der Waals surface area contributed by atoms with Crippen molar-refractivity contribution in [2.24, 2.45) is 11.7 Å². The van der Waals surface area contributed by atoms with E-state index >= 15 is 0 Å². The molecule has 1 rings (SSSR count). The number of aliphatic carboxylic acids is 3. The quantitative estimate of drug-likeness (QED) is 0.0786. The molecule has 1 aliphatic heterocycles. The van der Waals surface area contributed by atoms with Crippen LogP contribution in [0.4, 0.5) is 0 Å². The fourth-order valence-electron chi connectivity index (χ4n) is 4.99. The van der Waals surface area contributed by atoms with Crippen LogP contribution in [-0.4, -0.2) is 135 Å². The standard InChI is InChI=1S/C31H50N8O14/c1-13(2)23-30(52)36-18(11-21(43)44)28(50)33-14(3)25(47)34-17(8-9-20(41)42)27(49)39-24(15(4)40)31(53)37-19(12-22(45)46)29(51)35-16(26(48)38-23)7-5-6-10-32/h13-19,23-24,40H,5-12,32H2,1-4H3,(H,33,50)(H,34,47)(H,35,51)(H,36,52)(H,37,53)(H,38,48)(H,39,49)(H,41,42)(H,43,44)(H,45,46)/t14-,15+,16-,17-,18-,19-,23-,24-/m0/s1. The van der Waals surface area contributed by atoms with Gasteiger partial charge in [-0.15, -0.1) is 0 Å². The average molecular weight is 759 g/mol. The van der Waals surface area contributed by atoms with Gasteiger partial charge in [0.15, 0.2) is 0 Å². The molecule has 298 valence electrons. The third-order valence-electron chi connectivity index (χ3n) is 7.94. The predicted octanol–water partition coefficient (Wildman–Crippen LogP) is -4.61. The molecule has 7 amide bonds. The minimum Gasteiger partial charge on any atom is -0.481 e. The zero-order valence-corrected chi connectivity index (χ0v) is 29.8. The van der Waals surface area contributed by atoms with Crippen molar-refractivity contribution in [3.05, 3.63) is 0 Å². The van der Waals surface area contributed by atoms with Crippen molar-refractivity contribution >= 4 is 59.3 Å². The summed E-state index contributed by atoms with van der Waals surface area (Å²) in [7, 11) is 0. The topological polar surface area (TPSA) is 362 Å². The summed E-state index contributed by atoms with van der Waals surface area (Å²) in [6.45, 7) is 5.43. The largest absolute Gasteiger partial charge is 0.481 e. The smallest absolute Gasteiger partial charge is 0.305 e. The fourth-order valence-corrected chi connectivity index (χ4v) is 4.99. The van der Waals surface area contributed by atoms with Crippen LogP contribution < -0.4 is 43.0 Å². The van der Waals surface area contributed by atoms with Crippen molar-refractivity contribution in [3.8, 4) is 0 Å². The number of carboxylic acid groups (broad SMARTS) is 3. The SMILES string of the molecule is CC(C)[C@@H]1NC(=O)[C@H](CCCCN)NC(=O)[C@H](CC(=O)O)NC(=O)[C@H]([C@@H](C)O)NC(=O)[C@H](CCC(=O)O)NC(=O)[C@H](C)NC(=O)[C@H](CC(=O)O)NC1=O. The molecule has 8 atom stereocenters. The van der Waals surface area contributed by atoms with Gasteiger partial charge in [-0.25, -0.2) is 0 Å². The monoisotopic (exact) mass is 758 g/mol. The summed E-state index contributed by atoms with van der Waals surface area (Å²) in [6.07, 6.45) is -4.40. The molecular weight excluding hydrogens is 708 g/mol. The number of amides is 7. The van der Waals surface area contributed by atoms with Crippen molar-refractivity contribution in [1.82, 2.24) is 37.2 Å². The lowest BCUT2D eigenvalue weighted by molar-refractivity contribution is -0.142. The summed E-state index contributed by atoms with van der Waals surface area (Å²) in [6, 6.07) is -11.7. The Kier molecular flexibility index (Phi) is 18.8. The summed E-state index contributed by atoms with van der Waals surface area (Å²) in [5.74, 6) is -13.0. The first-order valence-corrected chi connectivity index (χ1v) is 16.8. The number of nitrogens with two attached hydrogens (primary N) is 1. The summed E-state index contributed by atoms with van der Waals surface area (Å²) in [5.41, 5.74) is 5.57. The number of carbonyl (C=O) groups is 10. The van der Waals surface area contributed by atoms with E-state index in [1.165, 1.54) is 13.8 Å². The average Bonchev–Trinajstić information content (AvgIpc) is 3.04. The molecule has 0 saturated carbocycles. The van der Waals surface area contributed by atoms with Crippen LogP contribution in [0.5, 0.6) is 0 Å². The lowest BCUT2D eigenvalue weighted by Crippen LogP contribution is -2.61. The van der Waals surface area contributed by atoms with Crippen LogP contribution in [0.3, 0.4) is 0 Å². The van der Waals surface area contributed by atoms with Crippen molar-refractivity contribution < 1.29 is 68.4 Å². The molecule has 0 spiro atoms. The molecule has 53 heavy (non-hydrogen) atoms. The van der Waals surface area contributed by atoms with E-state index in [1.54, 1.807) is 0 Å². The summed E-state index contributed by atoms with van der Waals surface area (Å²) >= 11 is 0. The fraction of sp³-hybridized carbons (Fsp3) is 0.677. The highest BCUT2D eigenvalue weighted by Gasteiger charge is 2.37. The first-order valence-electron chi connectivity index (χ1n) is 16.8. The van der Waals surface area contributed by atoms with E-state index in [4.69, 9.17) is 5.73 Å². The van der Waals surface area contributed by atoms with E-state index in [-0.39, 0.29) is 19.4 Å².